The molecule has 0 unspecified atom stereocenters. The lowest BCUT2D eigenvalue weighted by Gasteiger charge is -2.07. The van der Waals surface area contributed by atoms with Crippen LogP contribution < -0.4 is 5.56 Å². The molecule has 6 nitrogen and oxygen atoms in total. The van der Waals surface area contributed by atoms with E-state index in [9.17, 15) is 9.59 Å². The molecule has 2 aromatic heterocycles. The zero-order chi connectivity index (χ0) is 15.9. The number of aliphatic carboxylic acids is 1. The van der Waals surface area contributed by atoms with Gasteiger partial charge in [-0.1, -0.05) is 23.8 Å². The van der Waals surface area contributed by atoms with Crippen LogP contribution in [0.15, 0.2) is 41.2 Å². The predicted molar refractivity (Wildman–Crippen MR) is 81.9 cm³/mol. The standard InChI is InChI=1S/C16H15N3O3/c1-10-4-3-5-11(6-10)13-9-14-18(2)12(8-16(21)22)7-15(20)19(14)17-13/h3-7,9H,8H2,1-2H3,(H,21,22). The van der Waals surface area contributed by atoms with Crippen LogP contribution in [0.2, 0.25) is 0 Å². The average molecular weight is 297 g/mol. The third-order valence-electron chi connectivity index (χ3n) is 3.61. The molecule has 1 N–H and O–H groups in total. The molecule has 0 atom stereocenters. The van der Waals surface area contributed by atoms with Gasteiger partial charge < -0.3 is 9.67 Å². The number of carboxylic acid groups (broad SMARTS) is 1. The molecule has 112 valence electrons. The first-order valence-electron chi connectivity index (χ1n) is 6.83. The molecule has 0 saturated carbocycles. The summed E-state index contributed by atoms with van der Waals surface area (Å²) < 4.78 is 2.98. The highest BCUT2D eigenvalue weighted by atomic mass is 16.4. The summed E-state index contributed by atoms with van der Waals surface area (Å²) in [5, 5.41) is 13.3. The average Bonchev–Trinajstić information content (AvgIpc) is 2.90. The minimum atomic E-state index is -0.974. The predicted octanol–water partition coefficient (Wildman–Crippen LogP) is 1.64. The number of hydrogen-bond acceptors (Lipinski definition) is 3. The number of hydrogen-bond donors (Lipinski definition) is 1. The Labute approximate surface area is 126 Å². The second kappa shape index (κ2) is 5.14. The molecule has 0 spiro atoms. The van der Waals surface area contributed by atoms with Crippen molar-refractivity contribution in [3.05, 3.63) is 58.0 Å². The molecule has 1 aromatic carbocycles. The van der Waals surface area contributed by atoms with Crippen molar-refractivity contribution in [3.63, 3.8) is 0 Å². The number of rotatable bonds is 3. The van der Waals surface area contributed by atoms with Gasteiger partial charge in [-0.25, -0.2) is 0 Å². The molecular weight excluding hydrogens is 282 g/mol. The first kappa shape index (κ1) is 14.1. The smallest absolute Gasteiger partial charge is 0.309 e. The molecular formula is C16H15N3O3. The molecule has 0 aliphatic heterocycles. The number of aromatic nitrogens is 3. The summed E-state index contributed by atoms with van der Waals surface area (Å²) in [5.41, 5.74) is 3.39. The lowest BCUT2D eigenvalue weighted by atomic mass is 10.1. The molecule has 6 heteroatoms. The minimum absolute atomic E-state index is 0.201. The van der Waals surface area contributed by atoms with E-state index < -0.39 is 5.97 Å². The summed E-state index contributed by atoms with van der Waals surface area (Å²) in [6.07, 6.45) is -0.201. The SMILES string of the molecule is Cc1cccc(-c2cc3n(C)c(CC(=O)O)cc(=O)n3n2)c1. The quantitative estimate of drug-likeness (QED) is 0.797. The maximum atomic E-state index is 12.1. The Morgan fingerprint density at radius 3 is 2.73 bits per heavy atom. The first-order chi connectivity index (χ1) is 10.5. The molecule has 0 aliphatic rings. The third-order valence-corrected chi connectivity index (χ3v) is 3.61. The molecule has 3 rings (SSSR count). The van der Waals surface area contributed by atoms with Crippen molar-refractivity contribution < 1.29 is 9.90 Å². The van der Waals surface area contributed by atoms with Crippen LogP contribution in [0.1, 0.15) is 11.3 Å². The molecule has 0 saturated heterocycles. The van der Waals surface area contributed by atoms with Crippen LogP contribution in [0.5, 0.6) is 0 Å². The number of fused-ring (bicyclic) bond motifs is 1. The van der Waals surface area contributed by atoms with E-state index in [0.717, 1.165) is 11.1 Å². The summed E-state index contributed by atoms with van der Waals surface area (Å²) in [5.74, 6) is -0.974. The van der Waals surface area contributed by atoms with Gasteiger partial charge in [0.25, 0.3) is 5.56 Å². The summed E-state index contributed by atoms with van der Waals surface area (Å²) in [7, 11) is 1.73. The zero-order valence-corrected chi connectivity index (χ0v) is 12.3. The van der Waals surface area contributed by atoms with Crippen molar-refractivity contribution in [2.24, 2.45) is 7.05 Å². The van der Waals surface area contributed by atoms with Crippen LogP contribution in [0, 0.1) is 6.92 Å². The second-order valence-electron chi connectivity index (χ2n) is 5.27. The Morgan fingerprint density at radius 2 is 2.05 bits per heavy atom. The highest BCUT2D eigenvalue weighted by Crippen LogP contribution is 2.20. The second-order valence-corrected chi connectivity index (χ2v) is 5.27. The summed E-state index contributed by atoms with van der Waals surface area (Å²) in [4.78, 5) is 23.0. The summed E-state index contributed by atoms with van der Waals surface area (Å²) in [6.45, 7) is 1.99. The molecule has 2 heterocycles. The van der Waals surface area contributed by atoms with Gasteiger partial charge in [-0.05, 0) is 13.0 Å². The van der Waals surface area contributed by atoms with Crippen LogP contribution in [0.3, 0.4) is 0 Å². The van der Waals surface area contributed by atoms with Crippen molar-refractivity contribution in [3.8, 4) is 11.3 Å². The molecule has 0 radical (unpaired) electrons. The van der Waals surface area contributed by atoms with Gasteiger partial charge in [0, 0.05) is 30.4 Å². The normalized spacial score (nSPS) is 11.0. The highest BCUT2D eigenvalue weighted by molar-refractivity contribution is 5.70. The number of nitrogens with zero attached hydrogens (tertiary/aromatic N) is 3. The zero-order valence-electron chi connectivity index (χ0n) is 12.3. The van der Waals surface area contributed by atoms with Crippen LogP contribution in [-0.2, 0) is 18.3 Å². The fourth-order valence-electron chi connectivity index (χ4n) is 2.49. The molecule has 0 aliphatic carbocycles. The molecule has 0 amide bonds. The molecule has 22 heavy (non-hydrogen) atoms. The number of benzene rings is 1. The van der Waals surface area contributed by atoms with Crippen molar-refractivity contribution >= 4 is 11.6 Å². The topological polar surface area (TPSA) is 76.6 Å². The van der Waals surface area contributed by atoms with Gasteiger partial charge in [0.1, 0.15) is 5.65 Å². The molecule has 3 aromatic rings. The molecule has 0 fully saturated rings. The van der Waals surface area contributed by atoms with E-state index in [4.69, 9.17) is 5.11 Å². The van der Waals surface area contributed by atoms with Gasteiger partial charge in [-0.3, -0.25) is 9.59 Å². The Hall–Kier alpha value is -2.89. The third kappa shape index (κ3) is 2.39. The van der Waals surface area contributed by atoms with E-state index in [0.29, 0.717) is 17.0 Å². The van der Waals surface area contributed by atoms with Crippen LogP contribution in [-0.4, -0.2) is 25.3 Å². The lowest BCUT2D eigenvalue weighted by molar-refractivity contribution is -0.136. The maximum absolute atomic E-state index is 12.1. The van der Waals surface area contributed by atoms with Crippen LogP contribution in [0.25, 0.3) is 16.9 Å². The van der Waals surface area contributed by atoms with E-state index in [2.05, 4.69) is 5.10 Å². The van der Waals surface area contributed by atoms with Gasteiger partial charge in [-0.2, -0.15) is 9.61 Å². The highest BCUT2D eigenvalue weighted by Gasteiger charge is 2.13. The van der Waals surface area contributed by atoms with Crippen LogP contribution in [0.4, 0.5) is 0 Å². The van der Waals surface area contributed by atoms with Gasteiger partial charge >= 0.3 is 5.97 Å². The van der Waals surface area contributed by atoms with Crippen molar-refractivity contribution in [2.75, 3.05) is 0 Å². The maximum Gasteiger partial charge on any atom is 0.309 e. The van der Waals surface area contributed by atoms with Gasteiger partial charge in [0.2, 0.25) is 0 Å². The van der Waals surface area contributed by atoms with Crippen molar-refractivity contribution in [1.82, 2.24) is 14.2 Å². The van der Waals surface area contributed by atoms with E-state index >= 15 is 0 Å². The summed E-state index contributed by atoms with van der Waals surface area (Å²) >= 11 is 0. The Balaban J connectivity index is 2.21. The lowest BCUT2D eigenvalue weighted by Crippen LogP contribution is -2.21. The summed E-state index contributed by atoms with van der Waals surface area (Å²) in [6, 6.07) is 10.9. The Morgan fingerprint density at radius 1 is 1.27 bits per heavy atom. The Bertz CT molecular complexity index is 937. The fourth-order valence-corrected chi connectivity index (χ4v) is 2.49. The van der Waals surface area contributed by atoms with Gasteiger partial charge in [0.05, 0.1) is 12.1 Å². The first-order valence-corrected chi connectivity index (χ1v) is 6.83. The van der Waals surface area contributed by atoms with Crippen molar-refractivity contribution in [1.29, 1.82) is 0 Å². The monoisotopic (exact) mass is 297 g/mol. The number of carbonyl (C=O) groups is 1. The van der Waals surface area contributed by atoms with Crippen LogP contribution >= 0.6 is 0 Å². The van der Waals surface area contributed by atoms with Gasteiger partial charge in [-0.15, -0.1) is 0 Å². The van der Waals surface area contributed by atoms with E-state index in [-0.39, 0.29) is 12.0 Å². The van der Waals surface area contributed by atoms with Gasteiger partial charge in [0.15, 0.2) is 0 Å². The van der Waals surface area contributed by atoms with Crippen molar-refractivity contribution in [2.45, 2.75) is 13.3 Å². The number of carboxylic acids is 1. The minimum Gasteiger partial charge on any atom is -0.481 e. The Kier molecular flexibility index (Phi) is 3.29. The molecule has 0 bridgehead atoms. The van der Waals surface area contributed by atoms with E-state index in [1.165, 1.54) is 10.6 Å². The van der Waals surface area contributed by atoms with E-state index in [1.807, 2.05) is 31.2 Å². The fraction of sp³-hybridized carbons (Fsp3) is 0.188. The van der Waals surface area contributed by atoms with E-state index in [1.54, 1.807) is 17.7 Å². The number of aryl methyl sites for hydroxylation is 2. The largest absolute Gasteiger partial charge is 0.481 e.